The third-order valence-corrected chi connectivity index (χ3v) is 2.82. The second kappa shape index (κ2) is 5.47. The predicted octanol–water partition coefficient (Wildman–Crippen LogP) is 0.957. The first-order valence-electron chi connectivity index (χ1n) is 5.43. The molecule has 0 unspecified atom stereocenters. The van der Waals surface area contributed by atoms with E-state index in [9.17, 15) is 9.59 Å². The largest absolute Gasteiger partial charge is 0.382 e. The van der Waals surface area contributed by atoms with Gasteiger partial charge in [0.25, 0.3) is 5.91 Å². The highest BCUT2D eigenvalue weighted by molar-refractivity contribution is 6.31. The number of carbonyl (C=O) groups is 2. The molecule has 1 aromatic heterocycles. The van der Waals surface area contributed by atoms with Gasteiger partial charge in [-0.15, -0.1) is 0 Å². The summed E-state index contributed by atoms with van der Waals surface area (Å²) in [5.74, 6) is 4.66. The van der Waals surface area contributed by atoms with Crippen LogP contribution in [0.4, 0.5) is 5.82 Å². The lowest BCUT2D eigenvalue weighted by molar-refractivity contribution is 0.100. The van der Waals surface area contributed by atoms with E-state index in [0.29, 0.717) is 22.4 Å². The maximum atomic E-state index is 11.2. The molecule has 7 heteroatoms. The summed E-state index contributed by atoms with van der Waals surface area (Å²) in [7, 11) is 0. The van der Waals surface area contributed by atoms with Crippen LogP contribution in [0.1, 0.15) is 32.0 Å². The molecule has 0 aliphatic rings. The van der Waals surface area contributed by atoms with Gasteiger partial charge in [-0.1, -0.05) is 23.6 Å². The Morgan fingerprint density at radius 3 is 2.80 bits per heavy atom. The van der Waals surface area contributed by atoms with Crippen molar-refractivity contribution in [3.8, 4) is 11.8 Å². The number of carbonyl (C=O) groups excluding carboxylic acids is 2. The van der Waals surface area contributed by atoms with Crippen LogP contribution in [0.2, 0.25) is 5.02 Å². The quantitative estimate of drug-likeness (QED) is 0.564. The molecule has 2 aromatic rings. The van der Waals surface area contributed by atoms with Gasteiger partial charge in [0.2, 0.25) is 0 Å². The van der Waals surface area contributed by atoms with Crippen LogP contribution in [0.5, 0.6) is 0 Å². The number of hydrogen-bond donors (Lipinski definition) is 3. The monoisotopic (exact) mass is 288 g/mol. The summed E-state index contributed by atoms with van der Waals surface area (Å²) in [5.41, 5.74) is 11.8. The molecule has 20 heavy (non-hydrogen) atoms. The van der Waals surface area contributed by atoms with E-state index in [-0.39, 0.29) is 17.1 Å². The van der Waals surface area contributed by atoms with E-state index in [1.165, 1.54) is 6.07 Å². The summed E-state index contributed by atoms with van der Waals surface area (Å²) >= 11 is 5.97. The molecular weight excluding hydrogens is 280 g/mol. The molecule has 5 N–H and O–H groups in total. The van der Waals surface area contributed by atoms with Crippen LogP contribution in [0.3, 0.4) is 0 Å². The smallest absolute Gasteiger partial charge is 0.255 e. The van der Waals surface area contributed by atoms with Crippen LogP contribution in [0, 0.1) is 11.8 Å². The lowest BCUT2D eigenvalue weighted by atomic mass is 10.1. The highest BCUT2D eigenvalue weighted by atomic mass is 35.5. The highest BCUT2D eigenvalue weighted by Crippen LogP contribution is 2.17. The molecule has 0 atom stereocenters. The molecule has 6 nitrogen and oxygen atoms in total. The van der Waals surface area contributed by atoms with E-state index < -0.39 is 5.91 Å². The fraction of sp³-hybridized carbons (Fsp3) is 0. The normalized spacial score (nSPS) is 9.65. The number of anilines is 1. The lowest BCUT2D eigenvalue weighted by Crippen LogP contribution is -2.13. The van der Waals surface area contributed by atoms with Crippen LogP contribution in [-0.2, 0) is 0 Å². The van der Waals surface area contributed by atoms with Gasteiger partial charge in [-0.05, 0) is 18.1 Å². The number of primary amides is 1. The summed E-state index contributed by atoms with van der Waals surface area (Å²) in [6, 6.07) is 4.67. The average molecular weight is 289 g/mol. The van der Waals surface area contributed by atoms with Crippen molar-refractivity contribution in [3.05, 3.63) is 45.6 Å². The number of halogens is 1. The van der Waals surface area contributed by atoms with Crippen LogP contribution in [0.15, 0.2) is 18.2 Å². The fourth-order valence-corrected chi connectivity index (χ4v) is 1.70. The SMILES string of the molecule is NC(=O)c1c(N)n[nH]c1C#Cc1cc(C=O)ccc1Cl. The van der Waals surface area contributed by atoms with Crippen molar-refractivity contribution in [1.29, 1.82) is 0 Å². The Hall–Kier alpha value is -2.78. The molecule has 0 fully saturated rings. The van der Waals surface area contributed by atoms with Crippen molar-refractivity contribution in [3.63, 3.8) is 0 Å². The Morgan fingerprint density at radius 1 is 1.40 bits per heavy atom. The van der Waals surface area contributed by atoms with Gasteiger partial charge in [0.15, 0.2) is 5.82 Å². The number of nitrogens with zero attached hydrogens (tertiary/aromatic N) is 1. The Morgan fingerprint density at radius 2 is 2.15 bits per heavy atom. The number of benzene rings is 1. The van der Waals surface area contributed by atoms with Crippen LogP contribution in [-0.4, -0.2) is 22.4 Å². The molecule has 0 bridgehead atoms. The zero-order valence-corrected chi connectivity index (χ0v) is 10.9. The zero-order valence-electron chi connectivity index (χ0n) is 10.1. The Kier molecular flexibility index (Phi) is 3.73. The number of nitrogen functional groups attached to an aromatic ring is 1. The van der Waals surface area contributed by atoms with Crippen molar-refractivity contribution >= 4 is 29.6 Å². The summed E-state index contributed by atoms with van der Waals surface area (Å²) < 4.78 is 0. The summed E-state index contributed by atoms with van der Waals surface area (Å²) in [5, 5.41) is 6.56. The molecule has 0 saturated heterocycles. The molecule has 1 aromatic carbocycles. The first-order valence-corrected chi connectivity index (χ1v) is 5.81. The highest BCUT2D eigenvalue weighted by Gasteiger charge is 2.14. The summed E-state index contributed by atoms with van der Waals surface area (Å²) in [6.45, 7) is 0. The molecule has 1 amide bonds. The van der Waals surface area contributed by atoms with Crippen molar-refractivity contribution in [2.24, 2.45) is 5.73 Å². The zero-order chi connectivity index (χ0) is 14.7. The molecule has 0 saturated carbocycles. The number of aldehydes is 1. The van der Waals surface area contributed by atoms with Crippen LogP contribution in [0.25, 0.3) is 0 Å². The number of rotatable bonds is 2. The first kappa shape index (κ1) is 13.6. The number of H-pyrrole nitrogens is 1. The fourth-order valence-electron chi connectivity index (χ4n) is 1.54. The molecule has 100 valence electrons. The van der Waals surface area contributed by atoms with Gasteiger partial charge in [-0.3, -0.25) is 14.7 Å². The van der Waals surface area contributed by atoms with Crippen LogP contribution < -0.4 is 11.5 Å². The third-order valence-electron chi connectivity index (χ3n) is 2.49. The van der Waals surface area contributed by atoms with E-state index in [4.69, 9.17) is 23.1 Å². The number of aromatic amines is 1. The number of aromatic nitrogens is 2. The molecule has 0 radical (unpaired) electrons. The number of nitrogens with one attached hydrogen (secondary N) is 1. The minimum Gasteiger partial charge on any atom is -0.382 e. The Bertz CT molecular complexity index is 755. The first-order chi connectivity index (χ1) is 9.52. The topological polar surface area (TPSA) is 115 Å². The predicted molar refractivity (Wildman–Crippen MR) is 74.3 cm³/mol. The maximum Gasteiger partial charge on any atom is 0.255 e. The molecule has 2 rings (SSSR count). The molecular formula is C13H9ClN4O2. The second-order valence-electron chi connectivity index (χ2n) is 3.83. The van der Waals surface area contributed by atoms with Gasteiger partial charge in [0, 0.05) is 11.1 Å². The van der Waals surface area contributed by atoms with Gasteiger partial charge in [-0.2, -0.15) is 5.10 Å². The van der Waals surface area contributed by atoms with Crippen LogP contribution >= 0.6 is 11.6 Å². The maximum absolute atomic E-state index is 11.2. The minimum atomic E-state index is -0.728. The Labute approximate surface area is 119 Å². The molecule has 0 aliphatic carbocycles. The third kappa shape index (κ3) is 2.63. The summed E-state index contributed by atoms with van der Waals surface area (Å²) in [4.78, 5) is 21.9. The van der Waals surface area contributed by atoms with E-state index in [2.05, 4.69) is 22.0 Å². The Balaban J connectivity index is 2.46. The van der Waals surface area contributed by atoms with E-state index in [0.717, 1.165) is 0 Å². The van der Waals surface area contributed by atoms with E-state index in [1.807, 2.05) is 0 Å². The molecule has 0 aliphatic heterocycles. The number of nitrogens with two attached hydrogens (primary N) is 2. The molecule has 0 spiro atoms. The van der Waals surface area contributed by atoms with E-state index in [1.54, 1.807) is 12.1 Å². The second-order valence-corrected chi connectivity index (χ2v) is 4.24. The van der Waals surface area contributed by atoms with E-state index >= 15 is 0 Å². The minimum absolute atomic E-state index is 0.0189. The standard InChI is InChI=1S/C13H9ClN4O2/c14-9-3-1-7(6-19)5-8(9)2-4-10-11(13(16)20)12(15)18-17-10/h1,3,5-6H,(H2,16,20)(H3,15,17,18). The summed E-state index contributed by atoms with van der Waals surface area (Å²) in [6.07, 6.45) is 0.685. The van der Waals surface area contributed by atoms with Crippen molar-refractivity contribution < 1.29 is 9.59 Å². The van der Waals surface area contributed by atoms with Gasteiger partial charge in [0.1, 0.15) is 17.5 Å². The van der Waals surface area contributed by atoms with Crippen molar-refractivity contribution in [2.75, 3.05) is 5.73 Å². The van der Waals surface area contributed by atoms with Crippen molar-refractivity contribution in [2.45, 2.75) is 0 Å². The number of amides is 1. The number of hydrogen-bond acceptors (Lipinski definition) is 4. The lowest BCUT2D eigenvalue weighted by Gasteiger charge is -1.96. The molecule has 1 heterocycles. The average Bonchev–Trinajstić information content (AvgIpc) is 2.79. The van der Waals surface area contributed by atoms with Crippen molar-refractivity contribution in [1.82, 2.24) is 10.2 Å². The van der Waals surface area contributed by atoms with Gasteiger partial charge in [0.05, 0.1) is 5.02 Å². The van der Waals surface area contributed by atoms with Gasteiger partial charge < -0.3 is 11.5 Å². The van der Waals surface area contributed by atoms with Gasteiger partial charge in [-0.25, -0.2) is 0 Å². The van der Waals surface area contributed by atoms with Gasteiger partial charge >= 0.3 is 0 Å².